The SMILES string of the molecule is CC(=O)c1c(F)cccc1NCc1nccn1CC(C)C. The lowest BCUT2D eigenvalue weighted by Crippen LogP contribution is -2.13. The highest BCUT2D eigenvalue weighted by atomic mass is 19.1. The number of hydrogen-bond acceptors (Lipinski definition) is 3. The molecule has 0 aliphatic heterocycles. The molecule has 2 rings (SSSR count). The van der Waals surface area contributed by atoms with Gasteiger partial charge in [0.25, 0.3) is 0 Å². The van der Waals surface area contributed by atoms with Crippen LogP contribution in [0.1, 0.15) is 37.0 Å². The van der Waals surface area contributed by atoms with Crippen LogP contribution >= 0.6 is 0 Å². The number of hydrogen-bond donors (Lipinski definition) is 1. The zero-order valence-corrected chi connectivity index (χ0v) is 12.6. The quantitative estimate of drug-likeness (QED) is 0.828. The number of nitrogens with zero attached hydrogens (tertiary/aromatic N) is 2. The molecule has 1 N–H and O–H groups in total. The third-order valence-electron chi connectivity index (χ3n) is 3.17. The maximum Gasteiger partial charge on any atom is 0.164 e. The Bertz CT molecular complexity index is 634. The molecule has 0 atom stereocenters. The molecule has 2 aromatic rings. The summed E-state index contributed by atoms with van der Waals surface area (Å²) in [5.74, 6) is 0.585. The number of Topliss-reactive ketones (excluding diaryl/α,β-unsaturated/α-hetero) is 1. The molecule has 1 aromatic heterocycles. The Kier molecular flexibility index (Phi) is 4.73. The fraction of sp³-hybridized carbons (Fsp3) is 0.375. The van der Waals surface area contributed by atoms with Crippen LogP contribution in [0.3, 0.4) is 0 Å². The van der Waals surface area contributed by atoms with Crippen molar-refractivity contribution in [1.29, 1.82) is 0 Å². The molecule has 21 heavy (non-hydrogen) atoms. The minimum atomic E-state index is -0.502. The van der Waals surface area contributed by atoms with Crippen molar-refractivity contribution >= 4 is 11.5 Å². The lowest BCUT2D eigenvalue weighted by atomic mass is 10.1. The monoisotopic (exact) mass is 289 g/mol. The number of anilines is 1. The van der Waals surface area contributed by atoms with Gasteiger partial charge in [-0.25, -0.2) is 9.37 Å². The van der Waals surface area contributed by atoms with Gasteiger partial charge in [0.05, 0.1) is 12.1 Å². The van der Waals surface area contributed by atoms with Crippen LogP contribution in [-0.4, -0.2) is 15.3 Å². The molecule has 0 unspecified atom stereocenters. The number of rotatable bonds is 6. The third kappa shape index (κ3) is 3.68. The van der Waals surface area contributed by atoms with Gasteiger partial charge in [-0.15, -0.1) is 0 Å². The second-order valence-corrected chi connectivity index (χ2v) is 5.46. The van der Waals surface area contributed by atoms with Crippen LogP contribution in [0.4, 0.5) is 10.1 Å². The van der Waals surface area contributed by atoms with Crippen molar-refractivity contribution < 1.29 is 9.18 Å². The molecule has 0 aliphatic carbocycles. The van der Waals surface area contributed by atoms with E-state index >= 15 is 0 Å². The van der Waals surface area contributed by atoms with E-state index in [-0.39, 0.29) is 11.3 Å². The summed E-state index contributed by atoms with van der Waals surface area (Å²) in [6.07, 6.45) is 3.67. The second-order valence-electron chi connectivity index (χ2n) is 5.46. The Morgan fingerprint density at radius 3 is 2.86 bits per heavy atom. The van der Waals surface area contributed by atoms with Gasteiger partial charge in [0.15, 0.2) is 5.78 Å². The van der Waals surface area contributed by atoms with Gasteiger partial charge >= 0.3 is 0 Å². The van der Waals surface area contributed by atoms with E-state index in [1.165, 1.54) is 13.0 Å². The third-order valence-corrected chi connectivity index (χ3v) is 3.17. The molecule has 0 radical (unpaired) electrons. The second kappa shape index (κ2) is 6.52. The Morgan fingerprint density at radius 2 is 2.19 bits per heavy atom. The van der Waals surface area contributed by atoms with Crippen molar-refractivity contribution in [1.82, 2.24) is 9.55 Å². The molecule has 5 heteroatoms. The lowest BCUT2D eigenvalue weighted by molar-refractivity contribution is 0.101. The van der Waals surface area contributed by atoms with Gasteiger partial charge in [0, 0.05) is 24.6 Å². The van der Waals surface area contributed by atoms with Gasteiger partial charge in [0.2, 0.25) is 0 Å². The smallest absolute Gasteiger partial charge is 0.164 e. The van der Waals surface area contributed by atoms with Gasteiger partial charge in [-0.2, -0.15) is 0 Å². The fourth-order valence-corrected chi connectivity index (χ4v) is 2.27. The largest absolute Gasteiger partial charge is 0.377 e. The van der Waals surface area contributed by atoms with Gasteiger partial charge in [-0.3, -0.25) is 4.79 Å². The van der Waals surface area contributed by atoms with Crippen LogP contribution in [0.15, 0.2) is 30.6 Å². The summed E-state index contributed by atoms with van der Waals surface area (Å²) < 4.78 is 15.8. The number of carbonyl (C=O) groups excluding carboxylic acids is 1. The van der Waals surface area contributed by atoms with Gasteiger partial charge in [-0.05, 0) is 25.0 Å². The molecular weight excluding hydrogens is 269 g/mol. The zero-order valence-electron chi connectivity index (χ0n) is 12.6. The normalized spacial score (nSPS) is 10.9. The lowest BCUT2D eigenvalue weighted by Gasteiger charge is -2.13. The first-order valence-electron chi connectivity index (χ1n) is 7.02. The van der Waals surface area contributed by atoms with Crippen LogP contribution < -0.4 is 5.32 Å². The molecule has 4 nitrogen and oxygen atoms in total. The topological polar surface area (TPSA) is 46.9 Å². The maximum absolute atomic E-state index is 13.7. The maximum atomic E-state index is 13.7. The van der Waals surface area contributed by atoms with E-state index in [2.05, 4.69) is 28.7 Å². The highest BCUT2D eigenvalue weighted by molar-refractivity contribution is 5.99. The molecular formula is C16H20FN3O. The molecule has 0 bridgehead atoms. The van der Waals surface area contributed by atoms with Gasteiger partial charge < -0.3 is 9.88 Å². The summed E-state index contributed by atoms with van der Waals surface area (Å²) in [6, 6.07) is 4.59. The number of carbonyl (C=O) groups is 1. The van der Waals surface area contributed by atoms with E-state index in [0.29, 0.717) is 18.2 Å². The standard InChI is InChI=1S/C16H20FN3O/c1-11(2)10-20-8-7-18-15(20)9-19-14-6-4-5-13(17)16(14)12(3)21/h4-8,11,19H,9-10H2,1-3H3. The Balaban J connectivity index is 2.16. The number of halogens is 1. The van der Waals surface area contributed by atoms with E-state index in [4.69, 9.17) is 0 Å². The van der Waals surface area contributed by atoms with Crippen molar-refractivity contribution in [2.45, 2.75) is 33.9 Å². The molecule has 0 saturated heterocycles. The first-order chi connectivity index (χ1) is 9.99. The van der Waals surface area contributed by atoms with Gasteiger partial charge in [-0.1, -0.05) is 19.9 Å². The molecule has 1 aromatic carbocycles. The summed E-state index contributed by atoms with van der Waals surface area (Å²) in [4.78, 5) is 15.9. The minimum Gasteiger partial charge on any atom is -0.377 e. The van der Waals surface area contributed by atoms with Crippen LogP contribution in [0, 0.1) is 11.7 Å². The number of aromatic nitrogens is 2. The fourth-order valence-electron chi connectivity index (χ4n) is 2.27. The molecule has 0 saturated carbocycles. The summed E-state index contributed by atoms with van der Waals surface area (Å²) in [5.41, 5.74) is 0.598. The predicted octanol–water partition coefficient (Wildman–Crippen LogP) is 3.49. The highest BCUT2D eigenvalue weighted by Gasteiger charge is 2.13. The van der Waals surface area contributed by atoms with Crippen molar-refractivity contribution in [3.63, 3.8) is 0 Å². The Labute approximate surface area is 124 Å². The van der Waals surface area contributed by atoms with Crippen molar-refractivity contribution in [3.8, 4) is 0 Å². The minimum absolute atomic E-state index is 0.0967. The van der Waals surface area contributed by atoms with Crippen LogP contribution in [0.25, 0.3) is 0 Å². The number of nitrogens with one attached hydrogen (secondary N) is 1. The van der Waals surface area contributed by atoms with E-state index in [1.807, 2.05) is 6.20 Å². The Morgan fingerprint density at radius 1 is 1.43 bits per heavy atom. The number of benzene rings is 1. The van der Waals surface area contributed by atoms with Crippen LogP contribution in [0.5, 0.6) is 0 Å². The predicted molar refractivity (Wildman–Crippen MR) is 80.8 cm³/mol. The number of ketones is 1. The average Bonchev–Trinajstić information content (AvgIpc) is 2.82. The first kappa shape index (κ1) is 15.2. The summed E-state index contributed by atoms with van der Waals surface area (Å²) in [6.45, 7) is 6.96. The molecule has 0 amide bonds. The van der Waals surface area contributed by atoms with Gasteiger partial charge in [0.1, 0.15) is 11.6 Å². The van der Waals surface area contributed by atoms with E-state index < -0.39 is 5.82 Å². The summed E-state index contributed by atoms with van der Waals surface area (Å²) in [7, 11) is 0. The molecule has 0 fully saturated rings. The van der Waals surface area contributed by atoms with Crippen molar-refractivity contribution in [3.05, 3.63) is 47.8 Å². The zero-order chi connectivity index (χ0) is 15.4. The molecule has 0 spiro atoms. The van der Waals surface area contributed by atoms with E-state index in [0.717, 1.165) is 12.4 Å². The molecule has 0 aliphatic rings. The van der Waals surface area contributed by atoms with E-state index in [1.54, 1.807) is 18.3 Å². The average molecular weight is 289 g/mol. The van der Waals surface area contributed by atoms with Crippen LogP contribution in [-0.2, 0) is 13.1 Å². The summed E-state index contributed by atoms with van der Waals surface area (Å²) >= 11 is 0. The Hall–Kier alpha value is -2.17. The van der Waals surface area contributed by atoms with Crippen molar-refractivity contribution in [2.24, 2.45) is 5.92 Å². The van der Waals surface area contributed by atoms with Crippen molar-refractivity contribution in [2.75, 3.05) is 5.32 Å². The number of imidazole rings is 1. The molecule has 112 valence electrons. The van der Waals surface area contributed by atoms with Crippen LogP contribution in [0.2, 0.25) is 0 Å². The molecule has 1 heterocycles. The first-order valence-corrected chi connectivity index (χ1v) is 7.02. The highest BCUT2D eigenvalue weighted by Crippen LogP contribution is 2.20. The summed E-state index contributed by atoms with van der Waals surface area (Å²) in [5, 5.41) is 3.11. The van der Waals surface area contributed by atoms with E-state index in [9.17, 15) is 9.18 Å².